The van der Waals surface area contributed by atoms with Crippen molar-refractivity contribution in [1.29, 1.82) is 0 Å². The molecule has 13 heavy (non-hydrogen) atoms. The van der Waals surface area contributed by atoms with Crippen LogP contribution in [-0.2, 0) is 0 Å². The molecule has 0 unspecified atom stereocenters. The molecule has 2 N–H and O–H groups in total. The maximum atomic E-state index is 9.26. The topological polar surface area (TPSA) is 46.9 Å². The van der Waals surface area contributed by atoms with Gasteiger partial charge in [-0.15, -0.1) is 0 Å². The van der Waals surface area contributed by atoms with Crippen LogP contribution >= 0.6 is 0 Å². The van der Waals surface area contributed by atoms with E-state index in [4.69, 9.17) is 0 Å². The van der Waals surface area contributed by atoms with E-state index in [1.807, 2.05) is 38.0 Å². The molecule has 0 aromatic carbocycles. The van der Waals surface area contributed by atoms with Gasteiger partial charge in [0, 0.05) is 18.5 Å². The highest BCUT2D eigenvalue weighted by Gasteiger charge is 2.30. The van der Waals surface area contributed by atoms with E-state index in [-0.39, 0.29) is 13.2 Å². The van der Waals surface area contributed by atoms with Crippen LogP contribution in [0.5, 0.6) is 0 Å². The van der Waals surface area contributed by atoms with E-state index in [1.165, 1.54) is 0 Å². The smallest absolute Gasteiger partial charge is 0.0534 e. The van der Waals surface area contributed by atoms with Crippen LogP contribution in [-0.4, -0.2) is 74.5 Å². The van der Waals surface area contributed by atoms with E-state index < -0.39 is 5.41 Å². The highest BCUT2D eigenvalue weighted by Crippen LogP contribution is 2.17. The lowest BCUT2D eigenvalue weighted by Gasteiger charge is -2.34. The van der Waals surface area contributed by atoms with Gasteiger partial charge >= 0.3 is 0 Å². The Morgan fingerprint density at radius 1 is 0.846 bits per heavy atom. The Balaban J connectivity index is 4.30. The molecule has 0 aromatic rings. The minimum Gasteiger partial charge on any atom is -0.396 e. The number of rotatable bonds is 6. The molecule has 0 aliphatic carbocycles. The third-order valence-electron chi connectivity index (χ3n) is 1.97. The number of aliphatic hydroxyl groups is 2. The highest BCUT2D eigenvalue weighted by atomic mass is 16.3. The number of hydrogen-bond acceptors (Lipinski definition) is 4. The molecule has 0 saturated carbocycles. The van der Waals surface area contributed by atoms with Gasteiger partial charge in [0.2, 0.25) is 0 Å². The molecule has 4 nitrogen and oxygen atoms in total. The van der Waals surface area contributed by atoms with Crippen molar-refractivity contribution < 1.29 is 10.2 Å². The van der Waals surface area contributed by atoms with E-state index >= 15 is 0 Å². The summed E-state index contributed by atoms with van der Waals surface area (Å²) in [6.45, 7) is 1.41. The van der Waals surface area contributed by atoms with E-state index in [1.54, 1.807) is 0 Å². The predicted octanol–water partition coefficient (Wildman–Crippen LogP) is -0.919. The zero-order valence-corrected chi connectivity index (χ0v) is 9.12. The summed E-state index contributed by atoms with van der Waals surface area (Å²) in [5, 5.41) is 18.5. The first kappa shape index (κ1) is 12.8. The zero-order valence-electron chi connectivity index (χ0n) is 9.12. The molecule has 0 heterocycles. The van der Waals surface area contributed by atoms with Crippen molar-refractivity contribution in [1.82, 2.24) is 9.80 Å². The van der Waals surface area contributed by atoms with Gasteiger partial charge in [0.05, 0.1) is 13.2 Å². The molecule has 0 rings (SSSR count). The Bertz CT molecular complexity index is 122. The van der Waals surface area contributed by atoms with Gasteiger partial charge in [0.25, 0.3) is 0 Å². The van der Waals surface area contributed by atoms with E-state index in [0.717, 1.165) is 0 Å². The summed E-state index contributed by atoms with van der Waals surface area (Å²) < 4.78 is 0. The molecule has 0 fully saturated rings. The Labute approximate surface area is 80.8 Å². The Morgan fingerprint density at radius 2 is 1.15 bits per heavy atom. The SMILES string of the molecule is CN(C)CC(CO)(CO)CN(C)C. The van der Waals surface area contributed by atoms with Crippen LogP contribution < -0.4 is 0 Å². The van der Waals surface area contributed by atoms with Crippen LogP contribution in [0.25, 0.3) is 0 Å². The van der Waals surface area contributed by atoms with Gasteiger partial charge in [-0.05, 0) is 28.2 Å². The third-order valence-corrected chi connectivity index (χ3v) is 1.97. The first-order chi connectivity index (χ1) is 5.95. The fraction of sp³-hybridized carbons (Fsp3) is 1.00. The summed E-state index contributed by atoms with van der Waals surface area (Å²) in [5.41, 5.74) is -0.410. The molecular weight excluding hydrogens is 168 g/mol. The number of hydrogen-bond donors (Lipinski definition) is 2. The molecule has 4 heteroatoms. The number of nitrogens with zero attached hydrogens (tertiary/aromatic N) is 2. The molecule has 0 atom stereocenters. The quantitative estimate of drug-likeness (QED) is 0.569. The molecule has 80 valence electrons. The van der Waals surface area contributed by atoms with Crippen LogP contribution in [0.1, 0.15) is 0 Å². The lowest BCUT2D eigenvalue weighted by molar-refractivity contribution is 0.0136. The van der Waals surface area contributed by atoms with Gasteiger partial charge in [-0.25, -0.2) is 0 Å². The number of aliphatic hydroxyl groups excluding tert-OH is 2. The molecule has 0 saturated heterocycles. The second kappa shape index (κ2) is 5.54. The van der Waals surface area contributed by atoms with E-state index in [9.17, 15) is 10.2 Å². The standard InChI is InChI=1S/C9H22N2O2/c1-10(2)5-9(7-12,8-13)6-11(3)4/h12-13H,5-8H2,1-4H3. The van der Waals surface area contributed by atoms with Gasteiger partial charge in [0.15, 0.2) is 0 Å². The van der Waals surface area contributed by atoms with Crippen LogP contribution in [0.2, 0.25) is 0 Å². The van der Waals surface area contributed by atoms with Gasteiger partial charge in [0.1, 0.15) is 0 Å². The normalized spacial score (nSPS) is 12.9. The highest BCUT2D eigenvalue weighted by molar-refractivity contribution is 4.82. The fourth-order valence-corrected chi connectivity index (χ4v) is 1.64. The molecule has 0 aliphatic rings. The Hall–Kier alpha value is -0.160. The molecule has 0 spiro atoms. The summed E-state index contributed by atoms with van der Waals surface area (Å²) in [4.78, 5) is 3.96. The van der Waals surface area contributed by atoms with Crippen molar-refractivity contribution in [2.24, 2.45) is 5.41 Å². The third kappa shape index (κ3) is 4.57. The largest absolute Gasteiger partial charge is 0.396 e. The first-order valence-electron chi connectivity index (χ1n) is 4.47. The average Bonchev–Trinajstić information content (AvgIpc) is 2.01. The van der Waals surface area contributed by atoms with Crippen LogP contribution in [0, 0.1) is 5.41 Å². The minimum absolute atomic E-state index is 0.0137. The van der Waals surface area contributed by atoms with E-state index in [0.29, 0.717) is 13.1 Å². The summed E-state index contributed by atoms with van der Waals surface area (Å²) in [5.74, 6) is 0. The summed E-state index contributed by atoms with van der Waals surface area (Å²) in [6, 6.07) is 0. The van der Waals surface area contributed by atoms with Crippen molar-refractivity contribution in [2.75, 3.05) is 54.5 Å². The molecule has 0 amide bonds. The molecular formula is C9H22N2O2. The second-order valence-electron chi connectivity index (χ2n) is 4.29. The van der Waals surface area contributed by atoms with Crippen LogP contribution in [0.3, 0.4) is 0 Å². The maximum absolute atomic E-state index is 9.26. The van der Waals surface area contributed by atoms with Crippen molar-refractivity contribution >= 4 is 0 Å². The van der Waals surface area contributed by atoms with E-state index in [2.05, 4.69) is 0 Å². The lowest BCUT2D eigenvalue weighted by Crippen LogP contribution is -2.47. The van der Waals surface area contributed by atoms with Gasteiger partial charge in [-0.1, -0.05) is 0 Å². The predicted molar refractivity (Wildman–Crippen MR) is 53.7 cm³/mol. The van der Waals surface area contributed by atoms with Gasteiger partial charge in [-0.3, -0.25) is 0 Å². The fourth-order valence-electron chi connectivity index (χ4n) is 1.64. The Kier molecular flexibility index (Phi) is 5.48. The molecule has 0 aliphatic heterocycles. The van der Waals surface area contributed by atoms with Crippen LogP contribution in [0.4, 0.5) is 0 Å². The van der Waals surface area contributed by atoms with Crippen LogP contribution in [0.15, 0.2) is 0 Å². The van der Waals surface area contributed by atoms with Crippen molar-refractivity contribution in [3.8, 4) is 0 Å². The maximum Gasteiger partial charge on any atom is 0.0534 e. The second-order valence-corrected chi connectivity index (χ2v) is 4.29. The average molecular weight is 190 g/mol. The van der Waals surface area contributed by atoms with Crippen molar-refractivity contribution in [3.63, 3.8) is 0 Å². The van der Waals surface area contributed by atoms with Crippen molar-refractivity contribution in [2.45, 2.75) is 0 Å². The van der Waals surface area contributed by atoms with Gasteiger partial charge in [-0.2, -0.15) is 0 Å². The Morgan fingerprint density at radius 3 is 1.31 bits per heavy atom. The summed E-state index contributed by atoms with van der Waals surface area (Å²) >= 11 is 0. The molecule has 0 bridgehead atoms. The zero-order chi connectivity index (χ0) is 10.5. The molecule has 0 aromatic heterocycles. The first-order valence-corrected chi connectivity index (χ1v) is 4.47. The van der Waals surface area contributed by atoms with Gasteiger partial charge < -0.3 is 20.0 Å². The lowest BCUT2D eigenvalue weighted by atomic mass is 9.89. The minimum atomic E-state index is -0.410. The monoisotopic (exact) mass is 190 g/mol. The summed E-state index contributed by atoms with van der Waals surface area (Å²) in [7, 11) is 7.76. The summed E-state index contributed by atoms with van der Waals surface area (Å²) in [6.07, 6.45) is 0. The van der Waals surface area contributed by atoms with Crippen molar-refractivity contribution in [3.05, 3.63) is 0 Å². The molecule has 0 radical (unpaired) electrons.